The Kier molecular flexibility index (Phi) is 48.7. The summed E-state index contributed by atoms with van der Waals surface area (Å²) in [6.45, 7) is 4.86. The summed E-state index contributed by atoms with van der Waals surface area (Å²) in [4.78, 5) is 24.4. The summed E-state index contributed by atoms with van der Waals surface area (Å²) in [7, 11) is 0. The third-order valence-corrected chi connectivity index (χ3v) is 11.9. The fraction of sp³-hybridized carbons (Fsp3) is 0.818. The van der Waals surface area contributed by atoms with Gasteiger partial charge in [0.25, 0.3) is 0 Å². The third-order valence-electron chi connectivity index (χ3n) is 11.9. The van der Waals surface area contributed by atoms with Crippen LogP contribution in [0.5, 0.6) is 0 Å². The van der Waals surface area contributed by atoms with Gasteiger partial charge in [-0.05, 0) is 96.3 Å². The molecule has 0 fully saturated rings. The molecule has 2 atom stereocenters. The van der Waals surface area contributed by atoms with Gasteiger partial charge in [-0.25, -0.2) is 0 Å². The maximum atomic E-state index is 12.4. The van der Waals surface area contributed by atoms with Crippen LogP contribution >= 0.6 is 0 Å². The molecule has 6 heteroatoms. The van der Waals surface area contributed by atoms with Crippen LogP contribution in [-0.4, -0.2) is 47.4 Å². The van der Waals surface area contributed by atoms with Gasteiger partial charge in [0.15, 0.2) is 0 Å². The zero-order chi connectivity index (χ0) is 44.4. The first kappa shape index (κ1) is 58.8. The lowest BCUT2D eigenvalue weighted by molar-refractivity contribution is -0.143. The van der Waals surface area contributed by atoms with Gasteiger partial charge in [-0.1, -0.05) is 204 Å². The van der Waals surface area contributed by atoms with Gasteiger partial charge in [0.2, 0.25) is 5.91 Å². The van der Waals surface area contributed by atoms with Crippen LogP contribution in [0.2, 0.25) is 0 Å². The smallest absolute Gasteiger partial charge is 0.305 e. The highest BCUT2D eigenvalue weighted by Crippen LogP contribution is 2.15. The summed E-state index contributed by atoms with van der Waals surface area (Å²) < 4.78 is 5.44. The molecule has 3 N–H and O–H groups in total. The van der Waals surface area contributed by atoms with Gasteiger partial charge in [-0.2, -0.15) is 0 Å². The van der Waals surface area contributed by atoms with Crippen molar-refractivity contribution >= 4 is 11.9 Å². The van der Waals surface area contributed by atoms with Gasteiger partial charge in [-0.3, -0.25) is 9.59 Å². The number of carbonyl (C=O) groups is 2. The molecule has 6 nitrogen and oxygen atoms in total. The number of hydrogen-bond donors (Lipinski definition) is 3. The Labute approximate surface area is 378 Å². The molecule has 0 spiro atoms. The number of unbranched alkanes of at least 4 members (excludes halogenated alkanes) is 29. The molecule has 2 unspecified atom stereocenters. The molecular formula is C55H101NO5. The predicted molar refractivity (Wildman–Crippen MR) is 264 cm³/mol. The van der Waals surface area contributed by atoms with Gasteiger partial charge in [0.1, 0.15) is 0 Å². The largest absolute Gasteiger partial charge is 0.466 e. The van der Waals surface area contributed by atoms with Crippen molar-refractivity contribution in [2.24, 2.45) is 0 Å². The molecular weight excluding hydrogens is 755 g/mol. The molecule has 0 aliphatic heterocycles. The molecule has 0 rings (SSSR count). The quantitative estimate of drug-likeness (QED) is 0.0322. The average molecular weight is 856 g/mol. The number of allylic oxidation sites excluding steroid dienone is 8. The highest BCUT2D eigenvalue weighted by Gasteiger charge is 2.20. The SMILES string of the molecule is CCCCC/C=C\C/C=C\CCCCCCCC(=O)OCCCCC/C=C\C/C=C\CCCCCCCCCC(=O)NC(CO)C(O)CCCCCCCCCCCCCC. The minimum Gasteiger partial charge on any atom is -0.466 e. The zero-order valence-corrected chi connectivity index (χ0v) is 40.4. The normalized spacial score (nSPS) is 13.0. The number of amides is 1. The lowest BCUT2D eigenvalue weighted by atomic mass is 10.0. The number of carbonyl (C=O) groups excluding carboxylic acids is 2. The summed E-state index contributed by atoms with van der Waals surface area (Å²) in [5.74, 6) is -0.0837. The molecule has 356 valence electrons. The molecule has 0 saturated heterocycles. The van der Waals surface area contributed by atoms with E-state index in [1.54, 1.807) is 0 Å². The first-order valence-corrected chi connectivity index (χ1v) is 26.4. The first-order valence-electron chi connectivity index (χ1n) is 26.4. The van der Waals surface area contributed by atoms with Crippen molar-refractivity contribution in [3.8, 4) is 0 Å². The highest BCUT2D eigenvalue weighted by molar-refractivity contribution is 5.76. The van der Waals surface area contributed by atoms with Crippen LogP contribution in [0.15, 0.2) is 48.6 Å². The van der Waals surface area contributed by atoms with Crippen molar-refractivity contribution in [1.82, 2.24) is 5.32 Å². The maximum Gasteiger partial charge on any atom is 0.305 e. The monoisotopic (exact) mass is 856 g/mol. The number of rotatable bonds is 48. The standard InChI is InChI=1S/C55H101NO5/c1-3-5-7-9-11-13-15-17-21-25-29-33-37-41-45-49-55(60)61-50-46-42-38-34-30-26-23-20-18-19-22-24-28-32-36-40-44-48-54(59)56-52(51-57)53(58)47-43-39-35-31-27-16-14-12-10-8-6-4-2/h11,13,17-18,20-21,26,30,52-53,57-58H,3-10,12,14-16,19,22-25,27-29,31-51H2,1-2H3,(H,56,59)/b13-11-,20-18-,21-17-,30-26-. The topological polar surface area (TPSA) is 95.9 Å². The lowest BCUT2D eigenvalue weighted by Crippen LogP contribution is -2.45. The average Bonchev–Trinajstić information content (AvgIpc) is 3.26. The second kappa shape index (κ2) is 50.5. The van der Waals surface area contributed by atoms with Gasteiger partial charge in [0.05, 0.1) is 25.4 Å². The van der Waals surface area contributed by atoms with Crippen LogP contribution in [0, 0.1) is 0 Å². The van der Waals surface area contributed by atoms with Crippen molar-refractivity contribution in [2.75, 3.05) is 13.2 Å². The molecule has 0 aromatic carbocycles. The Morgan fingerprint density at radius 2 is 0.820 bits per heavy atom. The number of hydrogen-bond acceptors (Lipinski definition) is 5. The number of aliphatic hydroxyl groups is 2. The van der Waals surface area contributed by atoms with Crippen molar-refractivity contribution in [2.45, 2.75) is 276 Å². The fourth-order valence-electron chi connectivity index (χ4n) is 7.76. The summed E-state index contributed by atoms with van der Waals surface area (Å²) in [6, 6.07) is -0.554. The number of nitrogens with one attached hydrogen (secondary N) is 1. The van der Waals surface area contributed by atoms with Crippen molar-refractivity contribution in [3.63, 3.8) is 0 Å². The summed E-state index contributed by atoms with van der Waals surface area (Å²) in [5, 5.41) is 23.2. The number of aliphatic hydroxyl groups excluding tert-OH is 2. The third kappa shape index (κ3) is 47.1. The molecule has 1 amide bonds. The Balaban J connectivity index is 3.51. The molecule has 0 aliphatic rings. The molecule has 0 aromatic heterocycles. The van der Waals surface area contributed by atoms with E-state index in [0.29, 0.717) is 25.9 Å². The van der Waals surface area contributed by atoms with E-state index in [1.807, 2.05) is 0 Å². The van der Waals surface area contributed by atoms with E-state index in [4.69, 9.17) is 4.74 Å². The van der Waals surface area contributed by atoms with E-state index in [2.05, 4.69) is 67.8 Å². The first-order chi connectivity index (χ1) is 30.0. The molecule has 0 heterocycles. The Morgan fingerprint density at radius 1 is 0.459 bits per heavy atom. The predicted octanol–water partition coefficient (Wildman–Crippen LogP) is 15.8. The van der Waals surface area contributed by atoms with E-state index in [-0.39, 0.29) is 18.5 Å². The second-order valence-electron chi connectivity index (χ2n) is 17.8. The van der Waals surface area contributed by atoms with Crippen molar-refractivity contribution in [1.29, 1.82) is 0 Å². The Hall–Kier alpha value is -2.18. The van der Waals surface area contributed by atoms with Crippen LogP contribution in [0.3, 0.4) is 0 Å². The van der Waals surface area contributed by atoms with Crippen LogP contribution in [0.1, 0.15) is 264 Å². The molecule has 0 saturated carbocycles. The molecule has 0 radical (unpaired) electrons. The van der Waals surface area contributed by atoms with Crippen LogP contribution < -0.4 is 5.32 Å². The molecule has 61 heavy (non-hydrogen) atoms. The maximum absolute atomic E-state index is 12.4. The van der Waals surface area contributed by atoms with Crippen LogP contribution in [-0.2, 0) is 14.3 Å². The second-order valence-corrected chi connectivity index (χ2v) is 17.8. The summed E-state index contributed by atoms with van der Waals surface area (Å²) >= 11 is 0. The lowest BCUT2D eigenvalue weighted by Gasteiger charge is -2.22. The van der Waals surface area contributed by atoms with E-state index in [1.165, 1.54) is 135 Å². The van der Waals surface area contributed by atoms with E-state index in [0.717, 1.165) is 96.3 Å². The number of esters is 1. The Morgan fingerprint density at radius 3 is 1.28 bits per heavy atom. The fourth-order valence-corrected chi connectivity index (χ4v) is 7.76. The minimum atomic E-state index is -0.675. The molecule has 0 aromatic rings. The van der Waals surface area contributed by atoms with Crippen LogP contribution in [0.4, 0.5) is 0 Å². The van der Waals surface area contributed by atoms with Gasteiger partial charge >= 0.3 is 5.97 Å². The van der Waals surface area contributed by atoms with Crippen molar-refractivity contribution < 1.29 is 24.5 Å². The van der Waals surface area contributed by atoms with E-state index < -0.39 is 12.1 Å². The van der Waals surface area contributed by atoms with E-state index in [9.17, 15) is 19.8 Å². The van der Waals surface area contributed by atoms with E-state index >= 15 is 0 Å². The van der Waals surface area contributed by atoms with Crippen LogP contribution in [0.25, 0.3) is 0 Å². The summed E-state index contributed by atoms with van der Waals surface area (Å²) in [6.07, 6.45) is 62.3. The molecule has 0 aliphatic carbocycles. The number of ether oxygens (including phenoxy) is 1. The minimum absolute atomic E-state index is 0.0303. The zero-order valence-electron chi connectivity index (χ0n) is 40.4. The summed E-state index contributed by atoms with van der Waals surface area (Å²) in [5.41, 5.74) is 0. The Bertz CT molecular complexity index is 1040. The van der Waals surface area contributed by atoms with Crippen molar-refractivity contribution in [3.05, 3.63) is 48.6 Å². The molecule has 0 bridgehead atoms. The van der Waals surface area contributed by atoms with Gasteiger partial charge < -0.3 is 20.3 Å². The van der Waals surface area contributed by atoms with Gasteiger partial charge in [0, 0.05) is 12.8 Å². The highest BCUT2D eigenvalue weighted by atomic mass is 16.5. The van der Waals surface area contributed by atoms with Gasteiger partial charge in [-0.15, -0.1) is 0 Å².